The van der Waals surface area contributed by atoms with Crippen molar-refractivity contribution >= 4 is 17.3 Å². The molecule has 0 bridgehead atoms. The predicted molar refractivity (Wildman–Crippen MR) is 70.6 cm³/mol. The van der Waals surface area contributed by atoms with E-state index in [0.29, 0.717) is 13.1 Å². The van der Waals surface area contributed by atoms with Gasteiger partial charge in [-0.3, -0.25) is 10.1 Å². The van der Waals surface area contributed by atoms with E-state index < -0.39 is 22.3 Å². The van der Waals surface area contributed by atoms with Gasteiger partial charge in [0.1, 0.15) is 17.1 Å². The maximum absolute atomic E-state index is 13.8. The SMILES string of the molecule is CC1(C)CCN(c2cc(F)c(C(=O)O)cc2[N+](=O)[O-])C1. The number of hydrogen-bond acceptors (Lipinski definition) is 4. The van der Waals surface area contributed by atoms with Crippen molar-refractivity contribution in [2.75, 3.05) is 18.0 Å². The van der Waals surface area contributed by atoms with Gasteiger partial charge in [-0.05, 0) is 11.8 Å². The standard InChI is InChI=1S/C13H15FN2O4/c1-13(2)3-4-15(7-13)10-6-9(14)8(12(17)18)5-11(10)16(19)20/h5-6H,3-4,7H2,1-2H3,(H,17,18). The van der Waals surface area contributed by atoms with Crippen LogP contribution in [-0.2, 0) is 0 Å². The van der Waals surface area contributed by atoms with E-state index in [4.69, 9.17) is 5.11 Å². The molecule has 7 heteroatoms. The van der Waals surface area contributed by atoms with E-state index in [2.05, 4.69) is 0 Å². The van der Waals surface area contributed by atoms with Gasteiger partial charge in [0.25, 0.3) is 5.69 Å². The molecular weight excluding hydrogens is 267 g/mol. The van der Waals surface area contributed by atoms with Gasteiger partial charge >= 0.3 is 5.97 Å². The monoisotopic (exact) mass is 282 g/mol. The lowest BCUT2D eigenvalue weighted by Gasteiger charge is -2.21. The Morgan fingerprint density at radius 1 is 1.50 bits per heavy atom. The van der Waals surface area contributed by atoms with E-state index in [9.17, 15) is 19.3 Å². The maximum atomic E-state index is 13.8. The number of carboxylic acid groups (broad SMARTS) is 1. The molecule has 0 atom stereocenters. The highest BCUT2D eigenvalue weighted by Gasteiger charge is 2.33. The van der Waals surface area contributed by atoms with E-state index in [1.807, 2.05) is 13.8 Å². The summed E-state index contributed by atoms with van der Waals surface area (Å²) in [6, 6.07) is 1.74. The van der Waals surface area contributed by atoms with Gasteiger partial charge in [-0.1, -0.05) is 13.8 Å². The third-order valence-electron chi connectivity index (χ3n) is 3.51. The quantitative estimate of drug-likeness (QED) is 0.680. The third kappa shape index (κ3) is 2.56. The number of hydrogen-bond donors (Lipinski definition) is 1. The van der Waals surface area contributed by atoms with Gasteiger partial charge in [0.05, 0.1) is 4.92 Å². The lowest BCUT2D eigenvalue weighted by molar-refractivity contribution is -0.384. The van der Waals surface area contributed by atoms with E-state index in [1.54, 1.807) is 4.90 Å². The number of nitrogens with zero attached hydrogens (tertiary/aromatic N) is 2. The van der Waals surface area contributed by atoms with Crippen LogP contribution in [0.2, 0.25) is 0 Å². The van der Waals surface area contributed by atoms with Crippen LogP contribution in [0.3, 0.4) is 0 Å². The highest BCUT2D eigenvalue weighted by molar-refractivity contribution is 5.90. The fraction of sp³-hybridized carbons (Fsp3) is 0.462. The number of nitro groups is 1. The zero-order chi connectivity index (χ0) is 15.1. The predicted octanol–water partition coefficient (Wildman–Crippen LogP) is 2.67. The normalized spacial score (nSPS) is 17.2. The molecule has 1 aliphatic rings. The number of benzene rings is 1. The van der Waals surface area contributed by atoms with Gasteiger partial charge in [-0.15, -0.1) is 0 Å². The number of nitro benzene ring substituents is 1. The van der Waals surface area contributed by atoms with Crippen LogP contribution in [0.25, 0.3) is 0 Å². The van der Waals surface area contributed by atoms with Crippen molar-refractivity contribution in [1.82, 2.24) is 0 Å². The van der Waals surface area contributed by atoms with E-state index >= 15 is 0 Å². The summed E-state index contributed by atoms with van der Waals surface area (Å²) in [6.07, 6.45) is 0.840. The fourth-order valence-corrected chi connectivity index (χ4v) is 2.43. The van der Waals surface area contributed by atoms with Crippen LogP contribution in [0.15, 0.2) is 12.1 Å². The molecule has 6 nitrogen and oxygen atoms in total. The lowest BCUT2D eigenvalue weighted by Crippen LogP contribution is -2.24. The number of aromatic carboxylic acids is 1. The van der Waals surface area contributed by atoms with Crippen LogP contribution >= 0.6 is 0 Å². The molecule has 0 aromatic heterocycles. The minimum absolute atomic E-state index is 0.00415. The van der Waals surface area contributed by atoms with Crippen molar-refractivity contribution in [3.8, 4) is 0 Å². The molecule has 20 heavy (non-hydrogen) atoms. The average molecular weight is 282 g/mol. The topological polar surface area (TPSA) is 83.7 Å². The van der Waals surface area contributed by atoms with E-state index in [-0.39, 0.29) is 16.8 Å². The zero-order valence-electron chi connectivity index (χ0n) is 11.2. The Kier molecular flexibility index (Phi) is 3.37. The Morgan fingerprint density at radius 3 is 2.60 bits per heavy atom. The lowest BCUT2D eigenvalue weighted by atomic mass is 9.93. The summed E-state index contributed by atoms with van der Waals surface area (Å²) in [6.45, 7) is 5.21. The van der Waals surface area contributed by atoms with Crippen LogP contribution < -0.4 is 4.90 Å². The van der Waals surface area contributed by atoms with Crippen molar-refractivity contribution in [2.45, 2.75) is 20.3 Å². The molecule has 1 aliphatic heterocycles. The molecule has 0 unspecified atom stereocenters. The number of halogens is 1. The van der Waals surface area contributed by atoms with Crippen LogP contribution in [0.1, 0.15) is 30.6 Å². The second-order valence-electron chi connectivity index (χ2n) is 5.72. The van der Waals surface area contributed by atoms with Gasteiger partial charge in [0.2, 0.25) is 0 Å². The van der Waals surface area contributed by atoms with Gasteiger partial charge in [-0.2, -0.15) is 0 Å². The maximum Gasteiger partial charge on any atom is 0.338 e. The molecule has 1 aromatic rings. The molecule has 0 amide bonds. The second-order valence-corrected chi connectivity index (χ2v) is 5.72. The number of rotatable bonds is 3. The molecule has 1 aromatic carbocycles. The summed E-state index contributed by atoms with van der Waals surface area (Å²) in [4.78, 5) is 23.0. The molecule has 2 rings (SSSR count). The third-order valence-corrected chi connectivity index (χ3v) is 3.51. The Balaban J connectivity index is 2.50. The molecule has 0 radical (unpaired) electrons. The molecule has 0 spiro atoms. The van der Waals surface area contributed by atoms with Crippen LogP contribution in [-0.4, -0.2) is 29.1 Å². The van der Waals surface area contributed by atoms with Gasteiger partial charge in [0.15, 0.2) is 0 Å². The van der Waals surface area contributed by atoms with E-state index in [0.717, 1.165) is 18.6 Å². The zero-order valence-corrected chi connectivity index (χ0v) is 11.2. The molecule has 0 saturated carbocycles. The fourth-order valence-electron chi connectivity index (χ4n) is 2.43. The largest absolute Gasteiger partial charge is 0.478 e. The van der Waals surface area contributed by atoms with Gasteiger partial charge < -0.3 is 10.0 Å². The summed E-state index contributed by atoms with van der Waals surface area (Å²) in [7, 11) is 0. The first-order valence-electron chi connectivity index (χ1n) is 6.17. The van der Waals surface area contributed by atoms with Crippen LogP contribution in [0, 0.1) is 21.3 Å². The molecular formula is C13H15FN2O4. The van der Waals surface area contributed by atoms with E-state index in [1.165, 1.54) is 0 Å². The van der Waals surface area contributed by atoms with Crippen molar-refractivity contribution in [3.63, 3.8) is 0 Å². The van der Waals surface area contributed by atoms with Crippen LogP contribution in [0.5, 0.6) is 0 Å². The van der Waals surface area contributed by atoms with Gasteiger partial charge in [0, 0.05) is 25.2 Å². The molecule has 1 fully saturated rings. The molecule has 1 heterocycles. The summed E-state index contributed by atoms with van der Waals surface area (Å²) in [5, 5.41) is 19.9. The summed E-state index contributed by atoms with van der Waals surface area (Å²) in [5.74, 6) is -2.47. The molecule has 0 aliphatic carbocycles. The highest BCUT2D eigenvalue weighted by atomic mass is 19.1. The van der Waals surface area contributed by atoms with Crippen molar-refractivity contribution < 1.29 is 19.2 Å². The first-order chi connectivity index (χ1) is 9.21. The number of carbonyl (C=O) groups is 1. The Hall–Kier alpha value is -2.18. The number of anilines is 1. The first-order valence-corrected chi connectivity index (χ1v) is 6.17. The van der Waals surface area contributed by atoms with Crippen molar-refractivity contribution in [3.05, 3.63) is 33.6 Å². The summed E-state index contributed by atoms with van der Waals surface area (Å²) >= 11 is 0. The highest BCUT2D eigenvalue weighted by Crippen LogP contribution is 2.38. The summed E-state index contributed by atoms with van der Waals surface area (Å²) in [5.41, 5.74) is -0.918. The Labute approximate surface area is 115 Å². The van der Waals surface area contributed by atoms with Gasteiger partial charge in [-0.25, -0.2) is 9.18 Å². The van der Waals surface area contributed by atoms with Crippen molar-refractivity contribution in [1.29, 1.82) is 0 Å². The molecule has 108 valence electrons. The first kappa shape index (κ1) is 14.2. The minimum atomic E-state index is -1.51. The average Bonchev–Trinajstić information content (AvgIpc) is 2.68. The minimum Gasteiger partial charge on any atom is -0.478 e. The Bertz CT molecular complexity index is 586. The molecule has 1 saturated heterocycles. The number of carboxylic acids is 1. The summed E-state index contributed by atoms with van der Waals surface area (Å²) < 4.78 is 13.8. The Morgan fingerprint density at radius 2 is 2.15 bits per heavy atom. The second kappa shape index (κ2) is 4.73. The van der Waals surface area contributed by atoms with Crippen LogP contribution in [0.4, 0.5) is 15.8 Å². The molecule has 1 N–H and O–H groups in total. The van der Waals surface area contributed by atoms with Crippen molar-refractivity contribution in [2.24, 2.45) is 5.41 Å². The smallest absolute Gasteiger partial charge is 0.338 e.